The molecule has 9 heteroatoms. The molecule has 0 bridgehead atoms. The minimum atomic E-state index is -3.51. The van der Waals surface area contributed by atoms with E-state index in [-0.39, 0.29) is 27.7 Å². The van der Waals surface area contributed by atoms with Crippen LogP contribution in [0, 0.1) is 0 Å². The molecule has 2 unspecified atom stereocenters. The molecule has 0 saturated heterocycles. The van der Waals surface area contributed by atoms with Crippen molar-refractivity contribution in [2.45, 2.75) is 6.61 Å². The van der Waals surface area contributed by atoms with Gasteiger partial charge in [0.05, 0.1) is 6.61 Å². The van der Waals surface area contributed by atoms with Crippen molar-refractivity contribution in [1.82, 2.24) is 0 Å². The van der Waals surface area contributed by atoms with Crippen LogP contribution >= 0.6 is 16.5 Å². The van der Waals surface area contributed by atoms with Crippen molar-refractivity contribution in [1.29, 1.82) is 0 Å². The van der Waals surface area contributed by atoms with Crippen LogP contribution in [0.25, 0.3) is 0 Å². The number of benzene rings is 1. The van der Waals surface area contributed by atoms with Crippen LogP contribution in [0.5, 0.6) is 0 Å². The molecule has 0 saturated carbocycles. The van der Waals surface area contributed by atoms with Crippen molar-refractivity contribution in [2.24, 2.45) is 0 Å². The molecule has 1 N–H and O–H groups in total. The maximum Gasteiger partial charge on any atom is 2.00 e. The summed E-state index contributed by atoms with van der Waals surface area (Å²) in [6, 6.07) is 9.52. The molecule has 0 amide bonds. The molecule has 0 fully saturated rings. The van der Waals surface area contributed by atoms with Crippen molar-refractivity contribution in [3.63, 3.8) is 0 Å². The SMILES string of the molecule is O=[PH]([O-])O[PH](=O)[O-].OCc1ccccc1.[Pt+2]. The largest absolute Gasteiger partial charge is 2.00 e. The molecule has 2 atom stereocenters. The van der Waals surface area contributed by atoms with Crippen molar-refractivity contribution >= 4 is 16.5 Å². The van der Waals surface area contributed by atoms with Crippen LogP contribution in [-0.4, -0.2) is 5.11 Å². The number of aliphatic hydroxyl groups is 1. The van der Waals surface area contributed by atoms with Crippen LogP contribution in [-0.2, 0) is 41.1 Å². The zero-order chi connectivity index (χ0) is 11.7. The number of hydrogen-bond donors (Lipinski definition) is 1. The summed E-state index contributed by atoms with van der Waals surface area (Å²) in [6.07, 6.45) is 0. The van der Waals surface area contributed by atoms with Gasteiger partial charge in [-0.05, 0) is 5.56 Å². The molecule has 1 rings (SSSR count). The Morgan fingerprint density at radius 1 is 1.12 bits per heavy atom. The Labute approximate surface area is 108 Å². The third kappa shape index (κ3) is 12.3. The van der Waals surface area contributed by atoms with Gasteiger partial charge in [-0.1, -0.05) is 30.3 Å². The Hall–Kier alpha value is 0.208. The predicted molar refractivity (Wildman–Crippen MR) is 51.5 cm³/mol. The smallest absolute Gasteiger partial charge is 0.781 e. The van der Waals surface area contributed by atoms with Gasteiger partial charge in [0.15, 0.2) is 0 Å². The van der Waals surface area contributed by atoms with Crippen LogP contribution in [0.3, 0.4) is 0 Å². The molecule has 16 heavy (non-hydrogen) atoms. The van der Waals surface area contributed by atoms with Gasteiger partial charge in [0.25, 0.3) is 0 Å². The van der Waals surface area contributed by atoms with Crippen LogP contribution < -0.4 is 9.79 Å². The molecule has 1 aromatic rings. The van der Waals surface area contributed by atoms with Gasteiger partial charge in [-0.2, -0.15) is 0 Å². The van der Waals surface area contributed by atoms with E-state index in [0.717, 1.165) is 5.56 Å². The van der Waals surface area contributed by atoms with Gasteiger partial charge in [-0.3, -0.25) is 4.31 Å². The van der Waals surface area contributed by atoms with Crippen molar-refractivity contribution in [3.05, 3.63) is 35.9 Å². The first-order valence-corrected chi connectivity index (χ1v) is 6.25. The van der Waals surface area contributed by atoms with E-state index in [4.69, 9.17) is 5.11 Å². The molecule has 0 aliphatic rings. The molecule has 0 radical (unpaired) electrons. The zero-order valence-electron chi connectivity index (χ0n) is 7.90. The van der Waals surface area contributed by atoms with E-state index in [9.17, 15) is 18.9 Å². The van der Waals surface area contributed by atoms with Gasteiger partial charge in [0.1, 0.15) is 16.5 Å². The van der Waals surface area contributed by atoms with Crippen molar-refractivity contribution < 1.29 is 49.4 Å². The van der Waals surface area contributed by atoms with E-state index in [1.54, 1.807) is 0 Å². The predicted octanol–water partition coefficient (Wildman–Crippen LogP) is -0.321. The minimum Gasteiger partial charge on any atom is -0.781 e. The monoisotopic (exact) mass is 447 g/mol. The van der Waals surface area contributed by atoms with Gasteiger partial charge >= 0.3 is 21.1 Å². The van der Waals surface area contributed by atoms with Gasteiger partial charge < -0.3 is 24.0 Å². The Balaban J connectivity index is 0. The summed E-state index contributed by atoms with van der Waals surface area (Å²) in [6.45, 7) is 0.140. The molecule has 94 valence electrons. The summed E-state index contributed by atoms with van der Waals surface area (Å²) in [5.41, 5.74) is 0.965. The van der Waals surface area contributed by atoms with E-state index in [0.29, 0.717) is 0 Å². The fourth-order valence-electron chi connectivity index (χ4n) is 0.651. The summed E-state index contributed by atoms with van der Waals surface area (Å²) >= 11 is 0. The second-order valence-electron chi connectivity index (χ2n) is 2.25. The van der Waals surface area contributed by atoms with Crippen molar-refractivity contribution in [2.75, 3.05) is 0 Å². The van der Waals surface area contributed by atoms with E-state index in [1.807, 2.05) is 30.3 Å². The number of aliphatic hydroxyl groups excluding tert-OH is 1. The van der Waals surface area contributed by atoms with E-state index >= 15 is 0 Å². The van der Waals surface area contributed by atoms with Crippen LogP contribution in [0.2, 0.25) is 0 Å². The summed E-state index contributed by atoms with van der Waals surface area (Å²) in [4.78, 5) is 18.6. The van der Waals surface area contributed by atoms with Gasteiger partial charge in [-0.25, -0.2) is 0 Å². The van der Waals surface area contributed by atoms with Gasteiger partial charge in [-0.15, -0.1) is 0 Å². The molecule has 6 nitrogen and oxygen atoms in total. The summed E-state index contributed by atoms with van der Waals surface area (Å²) in [7, 11) is -7.03. The molecule has 0 aliphatic carbocycles. The Bertz CT molecular complexity index is 308. The molecule has 0 heterocycles. The average Bonchev–Trinajstić information content (AvgIpc) is 2.18. The third-order valence-corrected chi connectivity index (χ3v) is 2.53. The van der Waals surface area contributed by atoms with Gasteiger partial charge in [0.2, 0.25) is 0 Å². The van der Waals surface area contributed by atoms with Crippen molar-refractivity contribution in [3.8, 4) is 0 Å². The maximum absolute atomic E-state index is 9.29. The van der Waals surface area contributed by atoms with E-state index < -0.39 is 16.5 Å². The first-order chi connectivity index (χ1) is 7.06. The fourth-order valence-corrected chi connectivity index (χ4v) is 1.20. The first-order valence-electron chi connectivity index (χ1n) is 3.81. The second-order valence-corrected chi connectivity index (χ2v) is 4.06. The number of rotatable bonds is 3. The molecule has 0 aromatic heterocycles. The maximum atomic E-state index is 9.29. The Morgan fingerprint density at radius 3 is 1.75 bits per heavy atom. The normalized spacial score (nSPS) is 12.7. The molecule has 0 aliphatic heterocycles. The summed E-state index contributed by atoms with van der Waals surface area (Å²) < 4.78 is 21.8. The minimum absolute atomic E-state index is 0. The van der Waals surface area contributed by atoms with Crippen LogP contribution in [0.15, 0.2) is 30.3 Å². The number of hydrogen-bond acceptors (Lipinski definition) is 6. The van der Waals surface area contributed by atoms with E-state index in [2.05, 4.69) is 4.31 Å². The standard InChI is InChI=1S/C7H8O.H4O5P2.Pt/c8-6-7-4-2-1-3-5-7;1-6(2)5-7(3)4;/h1-5,8H,6H2;6-7H,(H,1,2)(H,3,4);/q;;+2/p-2. The zero-order valence-corrected chi connectivity index (χ0v) is 12.2. The second kappa shape index (κ2) is 11.7. The van der Waals surface area contributed by atoms with Crippen LogP contribution in [0.4, 0.5) is 0 Å². The molecular weight excluding hydrogens is 437 g/mol. The van der Waals surface area contributed by atoms with E-state index in [1.165, 1.54) is 0 Å². The first kappa shape index (κ1) is 18.6. The topological polar surface area (TPSA) is 110 Å². The summed E-state index contributed by atoms with van der Waals surface area (Å²) in [5, 5.41) is 8.54. The average molecular weight is 447 g/mol. The van der Waals surface area contributed by atoms with Gasteiger partial charge in [0, 0.05) is 0 Å². The molecule has 0 spiro atoms. The fraction of sp³-hybridized carbons (Fsp3) is 0.143. The molecule has 1 aromatic carbocycles. The summed E-state index contributed by atoms with van der Waals surface area (Å²) in [5.74, 6) is 0. The molecular formula is C7H10O6P2Pt. The third-order valence-electron chi connectivity index (χ3n) is 1.19. The Morgan fingerprint density at radius 2 is 1.56 bits per heavy atom. The van der Waals surface area contributed by atoms with Crippen LogP contribution in [0.1, 0.15) is 5.56 Å². The quantitative estimate of drug-likeness (QED) is 0.637. The Kier molecular flexibility index (Phi) is 13.6.